The molecular formula is C20H27N7O3S. The van der Waals surface area contributed by atoms with Gasteiger partial charge in [0.1, 0.15) is 5.75 Å². The van der Waals surface area contributed by atoms with E-state index in [4.69, 9.17) is 4.74 Å². The molecule has 0 fully saturated rings. The lowest BCUT2D eigenvalue weighted by molar-refractivity contribution is 0.312. The predicted molar refractivity (Wildman–Crippen MR) is 119 cm³/mol. The minimum absolute atomic E-state index is 0.300. The van der Waals surface area contributed by atoms with E-state index in [1.807, 2.05) is 0 Å². The molecule has 3 aromatic rings. The first-order valence-electron chi connectivity index (χ1n) is 10.00. The number of methoxy groups -OCH3 is 1. The van der Waals surface area contributed by atoms with Gasteiger partial charge in [-0.2, -0.15) is 10.1 Å². The summed E-state index contributed by atoms with van der Waals surface area (Å²) in [5, 5.41) is 8.39. The monoisotopic (exact) mass is 445 g/mol. The summed E-state index contributed by atoms with van der Waals surface area (Å²) in [4.78, 5) is 11.3. The molecular weight excluding hydrogens is 418 g/mol. The van der Waals surface area contributed by atoms with Gasteiger partial charge in [-0.05, 0) is 36.7 Å². The van der Waals surface area contributed by atoms with E-state index in [-0.39, 0.29) is 0 Å². The van der Waals surface area contributed by atoms with Crippen molar-refractivity contribution in [1.82, 2.24) is 29.0 Å². The van der Waals surface area contributed by atoms with Crippen molar-refractivity contribution >= 4 is 32.7 Å². The molecule has 1 aliphatic heterocycles. The minimum atomic E-state index is -3.25. The summed E-state index contributed by atoms with van der Waals surface area (Å²) in [6, 6.07) is 4.17. The maximum absolute atomic E-state index is 11.6. The number of anilines is 2. The van der Waals surface area contributed by atoms with Gasteiger partial charge in [-0.25, -0.2) is 22.4 Å². The Kier molecular flexibility index (Phi) is 5.82. The molecule has 0 bridgehead atoms. The van der Waals surface area contributed by atoms with Gasteiger partial charge in [-0.1, -0.05) is 0 Å². The SMILES string of the molecule is COc1cc2c(cc1Nc1ncc3cnn(CCN(C)S(C)(=O)=O)c3n1)CN(C)CC2. The molecule has 0 saturated heterocycles. The van der Waals surface area contributed by atoms with E-state index >= 15 is 0 Å². The van der Waals surface area contributed by atoms with Gasteiger partial charge < -0.3 is 15.0 Å². The van der Waals surface area contributed by atoms with Gasteiger partial charge in [0.15, 0.2) is 5.65 Å². The second-order valence-electron chi connectivity index (χ2n) is 7.86. The Morgan fingerprint density at radius 3 is 2.81 bits per heavy atom. The van der Waals surface area contributed by atoms with Gasteiger partial charge in [-0.15, -0.1) is 0 Å². The molecule has 31 heavy (non-hydrogen) atoms. The summed E-state index contributed by atoms with van der Waals surface area (Å²) < 4.78 is 31.8. The van der Waals surface area contributed by atoms with Crippen molar-refractivity contribution in [3.63, 3.8) is 0 Å². The van der Waals surface area contributed by atoms with Gasteiger partial charge in [0, 0.05) is 32.9 Å². The van der Waals surface area contributed by atoms with Gasteiger partial charge in [0.2, 0.25) is 16.0 Å². The molecule has 1 aromatic carbocycles. The third-order valence-corrected chi connectivity index (χ3v) is 6.86. The largest absolute Gasteiger partial charge is 0.495 e. The molecule has 166 valence electrons. The van der Waals surface area contributed by atoms with Crippen LogP contribution in [0.15, 0.2) is 24.5 Å². The van der Waals surface area contributed by atoms with Crippen molar-refractivity contribution in [3.05, 3.63) is 35.7 Å². The van der Waals surface area contributed by atoms with Gasteiger partial charge in [0.05, 0.1) is 37.2 Å². The molecule has 0 radical (unpaired) electrons. The number of hydrogen-bond donors (Lipinski definition) is 1. The Morgan fingerprint density at radius 2 is 2.06 bits per heavy atom. The molecule has 1 aliphatic rings. The van der Waals surface area contributed by atoms with Crippen molar-refractivity contribution in [1.29, 1.82) is 0 Å². The summed E-state index contributed by atoms with van der Waals surface area (Å²) >= 11 is 0. The maximum atomic E-state index is 11.6. The van der Waals surface area contributed by atoms with Crippen LogP contribution >= 0.6 is 0 Å². The quantitative estimate of drug-likeness (QED) is 0.583. The van der Waals surface area contributed by atoms with E-state index in [1.165, 1.54) is 21.7 Å². The molecule has 0 spiro atoms. The number of ether oxygens (including phenoxy) is 1. The molecule has 1 N–H and O–H groups in total. The number of aromatic nitrogens is 4. The summed E-state index contributed by atoms with van der Waals surface area (Å²) in [5.41, 5.74) is 3.99. The number of nitrogens with one attached hydrogen (secondary N) is 1. The zero-order valence-corrected chi connectivity index (χ0v) is 19.0. The second-order valence-corrected chi connectivity index (χ2v) is 9.95. The number of hydrogen-bond acceptors (Lipinski definition) is 8. The third-order valence-electron chi connectivity index (χ3n) is 5.54. The van der Waals surface area contributed by atoms with Crippen molar-refractivity contribution in [2.75, 3.05) is 45.9 Å². The van der Waals surface area contributed by atoms with E-state index in [0.29, 0.717) is 24.7 Å². The fourth-order valence-electron chi connectivity index (χ4n) is 3.61. The molecule has 0 atom stereocenters. The Balaban J connectivity index is 1.60. The summed E-state index contributed by atoms with van der Waals surface area (Å²) in [5.74, 6) is 1.17. The normalized spacial score (nSPS) is 14.7. The van der Waals surface area contributed by atoms with Crippen molar-refractivity contribution < 1.29 is 13.2 Å². The van der Waals surface area contributed by atoms with Crippen LogP contribution in [0.4, 0.5) is 11.6 Å². The van der Waals surface area contributed by atoms with Crippen LogP contribution in [0.25, 0.3) is 11.0 Å². The van der Waals surface area contributed by atoms with Gasteiger partial charge in [-0.3, -0.25) is 0 Å². The van der Waals surface area contributed by atoms with Crippen LogP contribution in [0, 0.1) is 0 Å². The third kappa shape index (κ3) is 4.63. The van der Waals surface area contributed by atoms with E-state index < -0.39 is 10.0 Å². The molecule has 0 amide bonds. The highest BCUT2D eigenvalue weighted by atomic mass is 32.2. The van der Waals surface area contributed by atoms with Crippen LogP contribution < -0.4 is 10.1 Å². The molecule has 0 saturated carbocycles. The number of sulfonamides is 1. The lowest BCUT2D eigenvalue weighted by atomic mass is 9.99. The highest BCUT2D eigenvalue weighted by Crippen LogP contribution is 2.33. The molecule has 3 heterocycles. The van der Waals surface area contributed by atoms with E-state index in [1.54, 1.807) is 31.2 Å². The summed E-state index contributed by atoms with van der Waals surface area (Å²) in [6.07, 6.45) is 5.55. The highest BCUT2D eigenvalue weighted by molar-refractivity contribution is 7.88. The van der Waals surface area contributed by atoms with Gasteiger partial charge in [0.25, 0.3) is 0 Å². The topological polar surface area (TPSA) is 105 Å². The fraction of sp³-hybridized carbons (Fsp3) is 0.450. The highest BCUT2D eigenvalue weighted by Gasteiger charge is 2.18. The van der Waals surface area contributed by atoms with Crippen LogP contribution in [0.5, 0.6) is 5.75 Å². The number of benzene rings is 1. The number of rotatable bonds is 7. The lowest BCUT2D eigenvalue weighted by Crippen LogP contribution is -2.29. The lowest BCUT2D eigenvalue weighted by Gasteiger charge is -2.26. The summed E-state index contributed by atoms with van der Waals surface area (Å²) in [6.45, 7) is 2.60. The van der Waals surface area contributed by atoms with Crippen LogP contribution in [0.1, 0.15) is 11.1 Å². The van der Waals surface area contributed by atoms with Gasteiger partial charge >= 0.3 is 0 Å². The molecule has 10 nitrogen and oxygen atoms in total. The first-order chi connectivity index (χ1) is 14.7. The second kappa shape index (κ2) is 8.40. The zero-order chi connectivity index (χ0) is 22.2. The smallest absolute Gasteiger partial charge is 0.229 e. The van der Waals surface area contributed by atoms with Crippen molar-refractivity contribution in [2.45, 2.75) is 19.5 Å². The van der Waals surface area contributed by atoms with Crippen LogP contribution in [-0.2, 0) is 29.5 Å². The van der Waals surface area contributed by atoms with Crippen LogP contribution in [0.2, 0.25) is 0 Å². The number of fused-ring (bicyclic) bond motifs is 2. The fourth-order valence-corrected chi connectivity index (χ4v) is 4.02. The zero-order valence-electron chi connectivity index (χ0n) is 18.2. The summed E-state index contributed by atoms with van der Waals surface area (Å²) in [7, 11) is 2.06. The Bertz CT molecular complexity index is 1210. The average molecular weight is 446 g/mol. The number of nitrogens with zero attached hydrogens (tertiary/aromatic N) is 6. The Labute approximate surface area is 181 Å². The molecule has 0 unspecified atom stereocenters. The average Bonchev–Trinajstić information content (AvgIpc) is 3.13. The first-order valence-corrected chi connectivity index (χ1v) is 11.8. The van der Waals surface area contributed by atoms with E-state index in [9.17, 15) is 8.42 Å². The molecule has 2 aromatic heterocycles. The van der Waals surface area contributed by atoms with E-state index in [0.717, 1.165) is 36.3 Å². The Hall–Kier alpha value is -2.76. The standard InChI is InChI=1S/C20H27N7O3S/c1-25-6-5-14-10-18(30-3)17(9-15(14)13-25)23-20-21-11-16-12-22-27(19(16)24-20)8-7-26(2)31(4,28)29/h9-12H,5-8,13H2,1-4H3,(H,21,23,24). The van der Waals surface area contributed by atoms with Crippen molar-refractivity contribution in [2.24, 2.45) is 0 Å². The first kappa shape index (κ1) is 21.5. The minimum Gasteiger partial charge on any atom is -0.495 e. The molecule has 4 rings (SSSR count). The predicted octanol–water partition coefficient (Wildman–Crippen LogP) is 1.46. The maximum Gasteiger partial charge on any atom is 0.229 e. The molecule has 11 heteroatoms. The number of likely N-dealkylation sites (N-methyl/N-ethyl adjacent to an activating group) is 2. The van der Waals surface area contributed by atoms with Crippen molar-refractivity contribution in [3.8, 4) is 5.75 Å². The Morgan fingerprint density at radius 1 is 1.26 bits per heavy atom. The van der Waals surface area contributed by atoms with Crippen LogP contribution in [-0.4, -0.2) is 77.9 Å². The van der Waals surface area contributed by atoms with Crippen LogP contribution in [0.3, 0.4) is 0 Å². The van der Waals surface area contributed by atoms with E-state index in [2.05, 4.69) is 44.5 Å². The molecule has 0 aliphatic carbocycles.